The number of hydrogen-bond donors (Lipinski definition) is 2. The third-order valence-electron chi connectivity index (χ3n) is 2.59. The first-order valence-corrected chi connectivity index (χ1v) is 5.71. The molecule has 19 heavy (non-hydrogen) atoms. The SMILES string of the molecule is COc1ccc(OC)c(CC(=O)N[C@H](C)C(=O)O)c1. The van der Waals surface area contributed by atoms with Crippen molar-refractivity contribution in [1.29, 1.82) is 0 Å². The van der Waals surface area contributed by atoms with Crippen molar-refractivity contribution in [3.05, 3.63) is 23.8 Å². The standard InChI is InChI=1S/C13H17NO5/c1-8(13(16)17)14-12(15)7-9-6-10(18-2)4-5-11(9)19-3/h4-6,8H,7H2,1-3H3,(H,14,15)(H,16,17)/t8-/m1/s1. The number of ether oxygens (including phenoxy) is 2. The first kappa shape index (κ1) is 14.8. The summed E-state index contributed by atoms with van der Waals surface area (Å²) in [5.41, 5.74) is 0.636. The van der Waals surface area contributed by atoms with E-state index in [2.05, 4.69) is 5.32 Å². The number of rotatable bonds is 6. The Balaban J connectivity index is 2.80. The summed E-state index contributed by atoms with van der Waals surface area (Å²) < 4.78 is 10.2. The molecule has 1 amide bonds. The summed E-state index contributed by atoms with van der Waals surface area (Å²) in [5.74, 6) is -0.304. The van der Waals surface area contributed by atoms with Crippen LogP contribution in [0.25, 0.3) is 0 Å². The molecule has 0 spiro atoms. The lowest BCUT2D eigenvalue weighted by atomic mass is 10.1. The lowest BCUT2D eigenvalue weighted by Gasteiger charge is -2.12. The van der Waals surface area contributed by atoms with E-state index in [4.69, 9.17) is 14.6 Å². The van der Waals surface area contributed by atoms with Gasteiger partial charge in [0, 0.05) is 5.56 Å². The fraction of sp³-hybridized carbons (Fsp3) is 0.385. The molecule has 0 aliphatic heterocycles. The minimum atomic E-state index is -1.08. The van der Waals surface area contributed by atoms with Gasteiger partial charge in [-0.05, 0) is 25.1 Å². The predicted octanol–water partition coefficient (Wildman–Crippen LogP) is 0.836. The molecule has 1 aromatic carbocycles. The third-order valence-corrected chi connectivity index (χ3v) is 2.59. The highest BCUT2D eigenvalue weighted by Gasteiger charge is 2.16. The first-order valence-electron chi connectivity index (χ1n) is 5.71. The quantitative estimate of drug-likeness (QED) is 0.797. The highest BCUT2D eigenvalue weighted by atomic mass is 16.5. The average Bonchev–Trinajstić information content (AvgIpc) is 2.38. The lowest BCUT2D eigenvalue weighted by molar-refractivity contribution is -0.141. The second kappa shape index (κ2) is 6.63. The molecule has 6 nitrogen and oxygen atoms in total. The Kier molecular flexibility index (Phi) is 5.17. The number of carboxylic acid groups (broad SMARTS) is 1. The van der Waals surface area contributed by atoms with Crippen LogP contribution >= 0.6 is 0 Å². The summed E-state index contributed by atoms with van der Waals surface area (Å²) in [5, 5.41) is 11.1. The van der Waals surface area contributed by atoms with Gasteiger partial charge in [-0.25, -0.2) is 0 Å². The third kappa shape index (κ3) is 4.17. The van der Waals surface area contributed by atoms with Crippen LogP contribution in [0, 0.1) is 0 Å². The van der Waals surface area contributed by atoms with Crippen molar-refractivity contribution < 1.29 is 24.2 Å². The van der Waals surface area contributed by atoms with Crippen molar-refractivity contribution >= 4 is 11.9 Å². The van der Waals surface area contributed by atoms with E-state index in [0.29, 0.717) is 17.1 Å². The summed E-state index contributed by atoms with van der Waals surface area (Å²) in [6.45, 7) is 1.41. The summed E-state index contributed by atoms with van der Waals surface area (Å²) in [6.07, 6.45) is 0.0258. The highest BCUT2D eigenvalue weighted by molar-refractivity contribution is 5.85. The second-order valence-electron chi connectivity index (χ2n) is 3.98. The Morgan fingerprint density at radius 2 is 2.00 bits per heavy atom. The summed E-state index contributed by atoms with van der Waals surface area (Å²) in [6, 6.07) is 4.18. The Morgan fingerprint density at radius 3 is 2.53 bits per heavy atom. The van der Waals surface area contributed by atoms with Crippen LogP contribution in [0.5, 0.6) is 11.5 Å². The molecule has 6 heteroatoms. The number of carbonyl (C=O) groups excluding carboxylic acids is 1. The minimum absolute atomic E-state index is 0.0258. The van der Waals surface area contributed by atoms with Gasteiger partial charge >= 0.3 is 5.97 Å². The minimum Gasteiger partial charge on any atom is -0.497 e. The Bertz CT molecular complexity index is 472. The zero-order valence-corrected chi connectivity index (χ0v) is 11.1. The van der Waals surface area contributed by atoms with Crippen LogP contribution in [0.15, 0.2) is 18.2 Å². The number of benzene rings is 1. The van der Waals surface area contributed by atoms with Crippen molar-refractivity contribution in [1.82, 2.24) is 5.32 Å². The van der Waals surface area contributed by atoms with E-state index in [1.54, 1.807) is 18.2 Å². The number of hydrogen-bond acceptors (Lipinski definition) is 4. The summed E-state index contributed by atoms with van der Waals surface area (Å²) in [7, 11) is 3.03. The normalized spacial score (nSPS) is 11.5. The van der Waals surface area contributed by atoms with Crippen molar-refractivity contribution in [2.75, 3.05) is 14.2 Å². The van der Waals surface area contributed by atoms with E-state index < -0.39 is 12.0 Å². The summed E-state index contributed by atoms with van der Waals surface area (Å²) >= 11 is 0. The number of aliphatic carboxylic acids is 1. The van der Waals surface area contributed by atoms with Crippen molar-refractivity contribution in [2.45, 2.75) is 19.4 Å². The van der Waals surface area contributed by atoms with Gasteiger partial charge in [-0.15, -0.1) is 0 Å². The van der Waals surface area contributed by atoms with Gasteiger partial charge < -0.3 is 19.9 Å². The average molecular weight is 267 g/mol. The van der Waals surface area contributed by atoms with Crippen LogP contribution in [-0.2, 0) is 16.0 Å². The highest BCUT2D eigenvalue weighted by Crippen LogP contribution is 2.24. The Hall–Kier alpha value is -2.24. The van der Waals surface area contributed by atoms with Gasteiger partial charge in [0.1, 0.15) is 17.5 Å². The molecule has 0 radical (unpaired) electrons. The molecule has 0 saturated carbocycles. The zero-order chi connectivity index (χ0) is 14.4. The molecule has 0 fully saturated rings. The number of amides is 1. The fourth-order valence-electron chi connectivity index (χ4n) is 1.55. The number of carbonyl (C=O) groups is 2. The Morgan fingerprint density at radius 1 is 1.32 bits per heavy atom. The molecule has 0 aliphatic carbocycles. The lowest BCUT2D eigenvalue weighted by Crippen LogP contribution is -2.39. The molecule has 1 aromatic rings. The molecule has 0 unspecified atom stereocenters. The maximum absolute atomic E-state index is 11.7. The van der Waals surface area contributed by atoms with Gasteiger partial charge in [0.25, 0.3) is 0 Å². The fourth-order valence-corrected chi connectivity index (χ4v) is 1.55. The van der Waals surface area contributed by atoms with Gasteiger partial charge in [0.15, 0.2) is 0 Å². The topological polar surface area (TPSA) is 84.9 Å². The zero-order valence-electron chi connectivity index (χ0n) is 11.1. The van der Waals surface area contributed by atoms with Gasteiger partial charge in [-0.3, -0.25) is 9.59 Å². The van der Waals surface area contributed by atoms with Crippen LogP contribution in [0.3, 0.4) is 0 Å². The van der Waals surface area contributed by atoms with Crippen LogP contribution in [0.1, 0.15) is 12.5 Å². The van der Waals surface area contributed by atoms with Crippen LogP contribution in [0.4, 0.5) is 0 Å². The van der Waals surface area contributed by atoms with Crippen molar-refractivity contribution in [3.63, 3.8) is 0 Å². The van der Waals surface area contributed by atoms with Crippen molar-refractivity contribution in [2.24, 2.45) is 0 Å². The van der Waals surface area contributed by atoms with E-state index in [1.807, 2.05) is 0 Å². The first-order chi connectivity index (χ1) is 8.97. The molecule has 104 valence electrons. The van der Waals surface area contributed by atoms with E-state index >= 15 is 0 Å². The van der Waals surface area contributed by atoms with E-state index in [0.717, 1.165) is 0 Å². The maximum atomic E-state index is 11.7. The van der Waals surface area contributed by atoms with Gasteiger partial charge in [0.05, 0.1) is 20.6 Å². The van der Waals surface area contributed by atoms with Gasteiger partial charge in [0.2, 0.25) is 5.91 Å². The maximum Gasteiger partial charge on any atom is 0.325 e. The van der Waals surface area contributed by atoms with Gasteiger partial charge in [-0.2, -0.15) is 0 Å². The van der Waals surface area contributed by atoms with Crippen molar-refractivity contribution in [3.8, 4) is 11.5 Å². The molecule has 2 N–H and O–H groups in total. The molecule has 1 rings (SSSR count). The number of nitrogens with one attached hydrogen (secondary N) is 1. The van der Waals surface area contributed by atoms with E-state index in [1.165, 1.54) is 21.1 Å². The molecule has 0 saturated heterocycles. The van der Waals surface area contributed by atoms with Crippen LogP contribution in [0.2, 0.25) is 0 Å². The Labute approximate surface area is 111 Å². The largest absolute Gasteiger partial charge is 0.497 e. The smallest absolute Gasteiger partial charge is 0.325 e. The monoisotopic (exact) mass is 267 g/mol. The molecule has 1 atom stereocenters. The van der Waals surface area contributed by atoms with Gasteiger partial charge in [-0.1, -0.05) is 0 Å². The molecule has 0 aliphatic rings. The molecule has 0 bridgehead atoms. The van der Waals surface area contributed by atoms with Crippen LogP contribution < -0.4 is 14.8 Å². The second-order valence-corrected chi connectivity index (χ2v) is 3.98. The van der Waals surface area contributed by atoms with E-state index in [9.17, 15) is 9.59 Å². The molecular formula is C13H17NO5. The predicted molar refractivity (Wildman–Crippen MR) is 68.5 cm³/mol. The van der Waals surface area contributed by atoms with E-state index in [-0.39, 0.29) is 12.3 Å². The van der Waals surface area contributed by atoms with Crippen LogP contribution in [-0.4, -0.2) is 37.2 Å². The summed E-state index contributed by atoms with van der Waals surface area (Å²) in [4.78, 5) is 22.4. The molecule has 0 aromatic heterocycles. The molecule has 0 heterocycles. The number of methoxy groups -OCH3 is 2. The molecular weight excluding hydrogens is 250 g/mol. The number of carboxylic acids is 1.